The van der Waals surface area contributed by atoms with E-state index in [0.29, 0.717) is 24.3 Å². The molecule has 1 aliphatic heterocycles. The molecule has 0 spiro atoms. The van der Waals surface area contributed by atoms with Crippen molar-refractivity contribution < 1.29 is 41.9 Å². The number of ether oxygens (including phenoxy) is 2. The fourth-order valence-corrected chi connectivity index (χ4v) is 8.76. The minimum atomic E-state index is -3.89. The van der Waals surface area contributed by atoms with Gasteiger partial charge in [0, 0.05) is 17.0 Å². The first-order chi connectivity index (χ1) is 25.2. The van der Waals surface area contributed by atoms with E-state index >= 15 is 0 Å². The smallest absolute Gasteiger partial charge is 0.329 e. The molecule has 4 bridgehead atoms. The van der Waals surface area contributed by atoms with Crippen LogP contribution in [-0.4, -0.2) is 74.0 Å². The van der Waals surface area contributed by atoms with Gasteiger partial charge in [0.05, 0.1) is 17.1 Å². The van der Waals surface area contributed by atoms with Gasteiger partial charge in [-0.25, -0.2) is 13.2 Å². The summed E-state index contributed by atoms with van der Waals surface area (Å²) < 4.78 is 39.0. The zero-order chi connectivity index (χ0) is 37.7. The third kappa shape index (κ3) is 7.20. The zero-order valence-corrected chi connectivity index (χ0v) is 30.7. The molecule has 5 aliphatic rings. The van der Waals surface area contributed by atoms with Crippen molar-refractivity contribution in [3.63, 3.8) is 0 Å². The van der Waals surface area contributed by atoms with Gasteiger partial charge in [-0.05, 0) is 79.0 Å². The number of fused-ring (bicyclic) bond motifs is 6. The van der Waals surface area contributed by atoms with Gasteiger partial charge in [-0.2, -0.15) is 0 Å². The number of rotatable bonds is 6. The van der Waals surface area contributed by atoms with E-state index in [1.54, 1.807) is 32.9 Å². The highest BCUT2D eigenvalue weighted by molar-refractivity contribution is 7.91. The van der Waals surface area contributed by atoms with Crippen LogP contribution >= 0.6 is 0 Å². The maximum absolute atomic E-state index is 14.2. The zero-order valence-electron chi connectivity index (χ0n) is 29.9. The van der Waals surface area contributed by atoms with Gasteiger partial charge in [-0.15, -0.1) is 6.58 Å². The highest BCUT2D eigenvalue weighted by Gasteiger charge is 2.62. The van der Waals surface area contributed by atoms with Crippen LogP contribution in [0.25, 0.3) is 11.1 Å². The minimum absolute atomic E-state index is 0.0452. The second kappa shape index (κ2) is 13.8. The Labute approximate surface area is 308 Å². The summed E-state index contributed by atoms with van der Waals surface area (Å²) in [6.45, 7) is 9.33. The van der Waals surface area contributed by atoms with Crippen LogP contribution in [-0.2, 0) is 38.8 Å². The first-order valence-electron chi connectivity index (χ1n) is 18.0. The number of hydrogen-bond acceptors (Lipinski definition) is 10. The molecule has 6 atom stereocenters. The second-order valence-corrected chi connectivity index (χ2v) is 17.5. The van der Waals surface area contributed by atoms with Crippen molar-refractivity contribution >= 4 is 39.4 Å². The number of nitrogens with zero attached hydrogens (tertiary/aromatic N) is 1. The largest absolute Gasteiger partial charge is 0.490 e. The van der Waals surface area contributed by atoms with Crippen molar-refractivity contribution in [2.24, 2.45) is 28.3 Å². The van der Waals surface area contributed by atoms with Gasteiger partial charge >= 0.3 is 5.97 Å². The molecular formula is C39H44N4O9S. The highest BCUT2D eigenvalue weighted by atomic mass is 32.2. The fraction of sp³-hybridized carbons (Fsp3) is 0.462. The molecule has 3 saturated carbocycles. The lowest BCUT2D eigenvalue weighted by molar-refractivity contribution is -0.150. The van der Waals surface area contributed by atoms with Gasteiger partial charge in [0.2, 0.25) is 21.8 Å². The Bertz CT molecular complexity index is 2030. The van der Waals surface area contributed by atoms with E-state index in [0.717, 1.165) is 22.3 Å². The number of hydrogen-bond donors (Lipinski definition) is 3. The van der Waals surface area contributed by atoms with Gasteiger partial charge in [0.25, 0.3) is 5.91 Å². The normalized spacial score (nSPS) is 29.9. The Morgan fingerprint density at radius 2 is 1.68 bits per heavy atom. The minimum Gasteiger partial charge on any atom is -0.490 e. The number of benzene rings is 2. The molecule has 0 unspecified atom stereocenters. The van der Waals surface area contributed by atoms with Gasteiger partial charge in [-0.3, -0.25) is 19.1 Å². The van der Waals surface area contributed by atoms with E-state index in [9.17, 15) is 27.6 Å². The van der Waals surface area contributed by atoms with Crippen molar-refractivity contribution in [2.75, 3.05) is 13.2 Å². The Morgan fingerprint density at radius 1 is 0.981 bits per heavy atom. The predicted octanol–water partition coefficient (Wildman–Crippen LogP) is 3.52. The third-order valence-corrected chi connectivity index (χ3v) is 12.5. The Balaban J connectivity index is 1.21. The third-order valence-electron chi connectivity index (χ3n) is 10.7. The van der Waals surface area contributed by atoms with E-state index in [-0.39, 0.29) is 32.5 Å². The lowest BCUT2D eigenvalue weighted by atomic mass is 9.85. The standard InChI is InChI=1S/C39H44N4O9S/c1-5-22-21-39(22,37(47)43-53(48,49)25-13-14-25)41-35(45)31-20-24-19-30(31)34(44)40-33(38(2,3)4)36(46)51-17-9-8-16-50-23-12-15-27-26-10-6-7-11-28(26)32(42-52-24)29(27)18-23/h5-12,15,18,22,24-25,30-31,33H,1,13-14,16-17,19-21H2,2-4H3,(H,40,44)(H,41,45)(H,43,47)/b9-8+,42-32+/t22-,24-,30+,31+,33-,39+/m0/s1. The van der Waals surface area contributed by atoms with E-state index in [4.69, 9.17) is 14.3 Å². The predicted molar refractivity (Wildman–Crippen MR) is 195 cm³/mol. The van der Waals surface area contributed by atoms with Crippen molar-refractivity contribution in [3.05, 3.63) is 78.4 Å². The summed E-state index contributed by atoms with van der Waals surface area (Å²) in [4.78, 5) is 61.3. The lowest BCUT2D eigenvalue weighted by Gasteiger charge is -2.31. The van der Waals surface area contributed by atoms with Crippen molar-refractivity contribution in [2.45, 2.75) is 75.8 Å². The van der Waals surface area contributed by atoms with Gasteiger partial charge in [0.1, 0.15) is 42.4 Å². The van der Waals surface area contributed by atoms with Crippen molar-refractivity contribution in [3.8, 4) is 16.9 Å². The molecule has 3 fully saturated rings. The highest BCUT2D eigenvalue weighted by Crippen LogP contribution is 2.47. The Kier molecular flexibility index (Phi) is 9.46. The maximum atomic E-state index is 14.2. The molecule has 1 heterocycles. The quantitative estimate of drug-likeness (QED) is 0.252. The number of sulfonamides is 1. The van der Waals surface area contributed by atoms with E-state index in [2.05, 4.69) is 27.1 Å². The van der Waals surface area contributed by atoms with Crippen LogP contribution in [0.1, 0.15) is 64.0 Å². The van der Waals surface area contributed by atoms with Crippen LogP contribution in [0.2, 0.25) is 0 Å². The number of amides is 3. The van der Waals surface area contributed by atoms with Crippen molar-refractivity contribution in [1.82, 2.24) is 15.4 Å². The molecule has 4 aliphatic carbocycles. The van der Waals surface area contributed by atoms with E-state index < -0.39 is 79.8 Å². The Morgan fingerprint density at radius 3 is 2.36 bits per heavy atom. The summed E-state index contributed by atoms with van der Waals surface area (Å²) in [6.07, 6.45) is 5.42. The molecule has 2 aromatic carbocycles. The summed E-state index contributed by atoms with van der Waals surface area (Å²) >= 11 is 0. The molecule has 3 N–H and O–H groups in total. The number of esters is 1. The maximum Gasteiger partial charge on any atom is 0.329 e. The van der Waals surface area contributed by atoms with Gasteiger partial charge in [-0.1, -0.05) is 56.3 Å². The molecule has 0 radical (unpaired) electrons. The van der Waals surface area contributed by atoms with Crippen LogP contribution in [0, 0.1) is 23.2 Å². The van der Waals surface area contributed by atoms with E-state index in [1.165, 1.54) is 6.08 Å². The van der Waals surface area contributed by atoms with Gasteiger partial charge < -0.3 is 24.9 Å². The topological polar surface area (TPSA) is 179 Å². The summed E-state index contributed by atoms with van der Waals surface area (Å²) in [5.41, 5.74) is 1.87. The SMILES string of the molecule is C=C[C@H]1C[C@]1(NC(=O)[C@@H]1C[C@@H]2C[C@H]1C(=O)N[C@H](C(C)(C)C)C(=O)OC/C=C/COc1ccc3c(c1)/C(=N/O2)c1ccccc1-3)C(=O)NS(=O)(=O)C1CC1. The molecule has 53 heavy (non-hydrogen) atoms. The van der Waals surface area contributed by atoms with E-state index in [1.807, 2.05) is 42.5 Å². The molecule has 0 aromatic heterocycles. The molecule has 280 valence electrons. The van der Waals surface area contributed by atoms with Crippen LogP contribution < -0.4 is 20.1 Å². The van der Waals surface area contributed by atoms with Crippen LogP contribution in [0.3, 0.4) is 0 Å². The molecule has 0 saturated heterocycles. The molecule has 2 aromatic rings. The molecule has 7 rings (SSSR count). The number of nitrogens with one attached hydrogen (secondary N) is 3. The first-order valence-corrected chi connectivity index (χ1v) is 19.5. The summed E-state index contributed by atoms with van der Waals surface area (Å²) in [7, 11) is -3.89. The summed E-state index contributed by atoms with van der Waals surface area (Å²) in [6, 6.07) is 12.4. The second-order valence-electron chi connectivity index (χ2n) is 15.5. The monoisotopic (exact) mass is 744 g/mol. The summed E-state index contributed by atoms with van der Waals surface area (Å²) in [5.74, 6) is -4.56. The van der Waals surface area contributed by atoms with Crippen LogP contribution in [0.5, 0.6) is 5.75 Å². The number of oxime groups is 1. The average molecular weight is 745 g/mol. The summed E-state index contributed by atoms with van der Waals surface area (Å²) in [5, 5.41) is 9.63. The Hall–Kier alpha value is -4.98. The number of cyclic esters (lactones) is 1. The molecule has 3 amide bonds. The van der Waals surface area contributed by atoms with Crippen LogP contribution in [0.15, 0.2) is 72.4 Å². The fourth-order valence-electron chi connectivity index (χ4n) is 7.40. The van der Waals surface area contributed by atoms with Gasteiger partial charge in [0.15, 0.2) is 0 Å². The lowest BCUT2D eigenvalue weighted by Crippen LogP contribution is -2.55. The van der Waals surface area contributed by atoms with Crippen molar-refractivity contribution in [1.29, 1.82) is 0 Å². The van der Waals surface area contributed by atoms with Crippen LogP contribution in [0.4, 0.5) is 0 Å². The molecule has 13 nitrogen and oxygen atoms in total. The molecule has 14 heteroatoms. The first kappa shape index (κ1) is 36.4. The molecular weight excluding hydrogens is 701 g/mol. The average Bonchev–Trinajstić information content (AvgIpc) is 4.03. The number of carbonyl (C=O) groups excluding carboxylic acids is 4. The number of carbonyl (C=O) groups is 4.